The lowest BCUT2D eigenvalue weighted by Crippen LogP contribution is -2.58. The van der Waals surface area contributed by atoms with Gasteiger partial charge in [0.05, 0.1) is 0 Å². The summed E-state index contributed by atoms with van der Waals surface area (Å²) in [4.78, 5) is 2.84. The highest BCUT2D eigenvalue weighted by atomic mass is 15.2. The van der Waals surface area contributed by atoms with Gasteiger partial charge in [0.1, 0.15) is 0 Å². The zero-order valence-corrected chi connectivity index (χ0v) is 8.27. The predicted octanol–water partition coefficient (Wildman–Crippen LogP) is 0.803. The van der Waals surface area contributed by atoms with Gasteiger partial charge in [0, 0.05) is 42.0 Å². The van der Waals surface area contributed by atoms with Crippen molar-refractivity contribution in [2.45, 2.75) is 18.5 Å². The maximum atomic E-state index is 8.37. The zero-order valence-electron chi connectivity index (χ0n) is 8.27. The van der Waals surface area contributed by atoms with Gasteiger partial charge in [-0.2, -0.15) is 0 Å². The fourth-order valence-electron chi connectivity index (χ4n) is 2.37. The molecule has 2 heterocycles. The Labute approximate surface area is 83.2 Å². The van der Waals surface area contributed by atoms with Crippen molar-refractivity contribution in [2.24, 2.45) is 11.0 Å². The van der Waals surface area contributed by atoms with E-state index in [9.17, 15) is 0 Å². The highest BCUT2D eigenvalue weighted by molar-refractivity contribution is 5.18. The van der Waals surface area contributed by atoms with Crippen LogP contribution in [0.5, 0.6) is 0 Å². The van der Waals surface area contributed by atoms with E-state index in [0.717, 1.165) is 13.1 Å². The standard InChI is InChI=1S/C9H15N5/c1-7-2-3-8-4-11-5-9(8,13-7)6-12-14-10/h2-3,7-8,11,13H,4-6H2,1H3/t7-,8-,9+/m1/s1. The van der Waals surface area contributed by atoms with E-state index in [1.165, 1.54) is 0 Å². The van der Waals surface area contributed by atoms with Crippen LogP contribution >= 0.6 is 0 Å². The number of hydrogen-bond donors (Lipinski definition) is 2. The highest BCUT2D eigenvalue weighted by Crippen LogP contribution is 2.28. The van der Waals surface area contributed by atoms with Crippen molar-refractivity contribution in [1.29, 1.82) is 0 Å². The average Bonchev–Trinajstić information content (AvgIpc) is 2.57. The van der Waals surface area contributed by atoms with Gasteiger partial charge in [-0.15, -0.1) is 0 Å². The summed E-state index contributed by atoms with van der Waals surface area (Å²) in [7, 11) is 0. The Balaban J connectivity index is 2.20. The molecule has 0 aromatic carbocycles. The number of fused-ring (bicyclic) bond motifs is 1. The third-order valence-electron chi connectivity index (χ3n) is 3.08. The fourth-order valence-corrected chi connectivity index (χ4v) is 2.37. The largest absolute Gasteiger partial charge is 0.314 e. The second kappa shape index (κ2) is 3.61. The Morgan fingerprint density at radius 2 is 2.50 bits per heavy atom. The Morgan fingerprint density at radius 3 is 3.29 bits per heavy atom. The second-order valence-corrected chi connectivity index (χ2v) is 4.10. The zero-order chi connectivity index (χ0) is 10.0. The van der Waals surface area contributed by atoms with Gasteiger partial charge in [-0.25, -0.2) is 0 Å². The van der Waals surface area contributed by atoms with Gasteiger partial charge in [0.25, 0.3) is 0 Å². The predicted molar refractivity (Wildman–Crippen MR) is 54.8 cm³/mol. The maximum Gasteiger partial charge on any atom is 0.0459 e. The van der Waals surface area contributed by atoms with Crippen LogP contribution in [-0.2, 0) is 0 Å². The summed E-state index contributed by atoms with van der Waals surface area (Å²) in [5.41, 5.74) is 8.32. The minimum absolute atomic E-state index is 0.0552. The molecule has 0 bridgehead atoms. The first-order valence-corrected chi connectivity index (χ1v) is 4.94. The molecule has 0 radical (unpaired) electrons. The van der Waals surface area contributed by atoms with Gasteiger partial charge in [-0.05, 0) is 12.5 Å². The SMILES string of the molecule is C[C@@H]1C=C[C@@H]2CNC[C@@]2(CN=[N+]=[N-])N1. The van der Waals surface area contributed by atoms with Crippen molar-refractivity contribution in [3.8, 4) is 0 Å². The highest BCUT2D eigenvalue weighted by Gasteiger charge is 2.43. The molecule has 76 valence electrons. The molecule has 0 spiro atoms. The molecule has 2 aliphatic heterocycles. The molecule has 2 rings (SSSR count). The van der Waals surface area contributed by atoms with E-state index in [1.807, 2.05) is 0 Å². The minimum Gasteiger partial charge on any atom is -0.314 e. The molecule has 14 heavy (non-hydrogen) atoms. The number of hydrogen-bond acceptors (Lipinski definition) is 3. The van der Waals surface area contributed by atoms with Crippen molar-refractivity contribution in [3.63, 3.8) is 0 Å². The van der Waals surface area contributed by atoms with E-state index in [2.05, 4.69) is 39.7 Å². The Kier molecular flexibility index (Phi) is 2.46. The molecule has 0 aromatic rings. The van der Waals surface area contributed by atoms with Crippen LogP contribution in [-0.4, -0.2) is 31.2 Å². The first-order valence-electron chi connectivity index (χ1n) is 4.94. The molecular weight excluding hydrogens is 178 g/mol. The normalized spacial score (nSPS) is 40.4. The molecule has 1 fully saturated rings. The van der Waals surface area contributed by atoms with Crippen LogP contribution in [0, 0.1) is 5.92 Å². The van der Waals surface area contributed by atoms with Gasteiger partial charge in [0.2, 0.25) is 0 Å². The molecule has 0 amide bonds. The Hall–Kier alpha value is -1.03. The van der Waals surface area contributed by atoms with Crippen molar-refractivity contribution in [2.75, 3.05) is 19.6 Å². The molecule has 5 nitrogen and oxygen atoms in total. The first kappa shape index (κ1) is 9.52. The number of azide groups is 1. The summed E-state index contributed by atoms with van der Waals surface area (Å²) in [6.07, 6.45) is 4.40. The van der Waals surface area contributed by atoms with Crippen LogP contribution in [0.25, 0.3) is 10.4 Å². The smallest absolute Gasteiger partial charge is 0.0459 e. The van der Waals surface area contributed by atoms with Crippen molar-refractivity contribution >= 4 is 0 Å². The quantitative estimate of drug-likeness (QED) is 0.295. The lowest BCUT2D eigenvalue weighted by atomic mass is 9.83. The van der Waals surface area contributed by atoms with E-state index >= 15 is 0 Å². The van der Waals surface area contributed by atoms with Gasteiger partial charge in [-0.3, -0.25) is 0 Å². The van der Waals surface area contributed by atoms with Crippen LogP contribution in [0.2, 0.25) is 0 Å². The average molecular weight is 193 g/mol. The van der Waals surface area contributed by atoms with Crippen LogP contribution in [0.1, 0.15) is 6.92 Å². The van der Waals surface area contributed by atoms with Gasteiger partial charge >= 0.3 is 0 Å². The van der Waals surface area contributed by atoms with Gasteiger partial charge < -0.3 is 10.6 Å². The summed E-state index contributed by atoms with van der Waals surface area (Å²) in [6.45, 7) is 4.49. The van der Waals surface area contributed by atoms with Crippen LogP contribution in [0.3, 0.4) is 0 Å². The third-order valence-corrected chi connectivity index (χ3v) is 3.08. The second-order valence-electron chi connectivity index (χ2n) is 4.10. The van der Waals surface area contributed by atoms with Crippen LogP contribution in [0.4, 0.5) is 0 Å². The van der Waals surface area contributed by atoms with Gasteiger partial charge in [0.15, 0.2) is 0 Å². The molecule has 3 atom stereocenters. The van der Waals surface area contributed by atoms with Crippen molar-refractivity contribution < 1.29 is 0 Å². The van der Waals surface area contributed by atoms with Crippen molar-refractivity contribution in [1.82, 2.24) is 10.6 Å². The number of nitrogens with one attached hydrogen (secondary N) is 2. The van der Waals surface area contributed by atoms with E-state index in [1.54, 1.807) is 0 Å². The summed E-state index contributed by atoms with van der Waals surface area (Å²) in [5, 5.41) is 10.6. The van der Waals surface area contributed by atoms with Crippen LogP contribution in [0.15, 0.2) is 17.3 Å². The molecule has 0 unspecified atom stereocenters. The topological polar surface area (TPSA) is 72.8 Å². The van der Waals surface area contributed by atoms with E-state index in [4.69, 9.17) is 5.53 Å². The van der Waals surface area contributed by atoms with E-state index in [-0.39, 0.29) is 5.54 Å². The summed E-state index contributed by atoms with van der Waals surface area (Å²) >= 11 is 0. The molecule has 1 saturated heterocycles. The molecular formula is C9H15N5. The monoisotopic (exact) mass is 193 g/mol. The Bertz CT molecular complexity index is 294. The molecule has 2 aliphatic rings. The lowest BCUT2D eigenvalue weighted by molar-refractivity contribution is 0.282. The summed E-state index contributed by atoms with van der Waals surface area (Å²) in [6, 6.07) is 0.361. The Morgan fingerprint density at radius 1 is 1.64 bits per heavy atom. The van der Waals surface area contributed by atoms with Gasteiger partial charge in [-0.1, -0.05) is 17.3 Å². The van der Waals surface area contributed by atoms with Crippen LogP contribution < -0.4 is 10.6 Å². The van der Waals surface area contributed by atoms with Crippen molar-refractivity contribution in [3.05, 3.63) is 22.6 Å². The van der Waals surface area contributed by atoms with E-state index < -0.39 is 0 Å². The molecule has 0 aliphatic carbocycles. The summed E-state index contributed by atoms with van der Waals surface area (Å²) < 4.78 is 0. The number of nitrogens with zero attached hydrogens (tertiary/aromatic N) is 3. The molecule has 0 aromatic heterocycles. The first-order chi connectivity index (χ1) is 6.77. The number of rotatable bonds is 2. The molecule has 0 saturated carbocycles. The fraction of sp³-hybridized carbons (Fsp3) is 0.778. The molecule has 2 N–H and O–H groups in total. The molecule has 5 heteroatoms. The minimum atomic E-state index is -0.0552. The third kappa shape index (κ3) is 1.50. The van der Waals surface area contributed by atoms with E-state index in [0.29, 0.717) is 18.5 Å². The summed E-state index contributed by atoms with van der Waals surface area (Å²) in [5.74, 6) is 0.448. The maximum absolute atomic E-state index is 8.37. The lowest BCUT2D eigenvalue weighted by Gasteiger charge is -2.38.